The number of nitrogens with zero attached hydrogens (tertiary/aromatic N) is 1. The van der Waals surface area contributed by atoms with Crippen molar-refractivity contribution in [2.24, 2.45) is 0 Å². The standard InChI is InChI=1S/C18H27N3O2/c1-3-7-15(2)19-17(22)14-20-10-12-21(13-11-20)18(23)16-8-5-4-6-9-16/h4-6,8-9,15H,3,7,10-14H2,1-2H3,(H,19,22)/p+1/t15-/m1/s1. The monoisotopic (exact) mass is 318 g/mol. The molecule has 1 aliphatic heterocycles. The van der Waals surface area contributed by atoms with Gasteiger partial charge < -0.3 is 15.1 Å². The van der Waals surface area contributed by atoms with Gasteiger partial charge in [-0.15, -0.1) is 0 Å². The third-order valence-corrected chi connectivity index (χ3v) is 4.32. The molecule has 2 N–H and O–H groups in total. The van der Waals surface area contributed by atoms with E-state index in [9.17, 15) is 9.59 Å². The number of amides is 2. The van der Waals surface area contributed by atoms with Crippen LogP contribution in [0.5, 0.6) is 0 Å². The van der Waals surface area contributed by atoms with E-state index in [0.717, 1.165) is 31.5 Å². The van der Waals surface area contributed by atoms with Crippen LogP contribution in [0.15, 0.2) is 30.3 Å². The number of carbonyl (C=O) groups is 2. The molecule has 0 spiro atoms. The molecular formula is C18H28N3O2+. The van der Waals surface area contributed by atoms with Crippen LogP contribution in [0.2, 0.25) is 0 Å². The Balaban J connectivity index is 1.75. The van der Waals surface area contributed by atoms with Gasteiger partial charge in [0.15, 0.2) is 6.54 Å². The van der Waals surface area contributed by atoms with Crippen LogP contribution in [0.3, 0.4) is 0 Å². The molecule has 23 heavy (non-hydrogen) atoms. The highest BCUT2D eigenvalue weighted by Gasteiger charge is 2.25. The van der Waals surface area contributed by atoms with Crippen molar-refractivity contribution in [3.05, 3.63) is 35.9 Å². The van der Waals surface area contributed by atoms with Crippen LogP contribution in [0, 0.1) is 0 Å². The lowest BCUT2D eigenvalue weighted by atomic mass is 10.2. The van der Waals surface area contributed by atoms with Crippen molar-refractivity contribution >= 4 is 11.8 Å². The van der Waals surface area contributed by atoms with Crippen molar-refractivity contribution in [2.75, 3.05) is 32.7 Å². The summed E-state index contributed by atoms with van der Waals surface area (Å²) in [6, 6.07) is 9.63. The zero-order chi connectivity index (χ0) is 16.7. The van der Waals surface area contributed by atoms with Gasteiger partial charge in [0.2, 0.25) is 0 Å². The van der Waals surface area contributed by atoms with E-state index in [0.29, 0.717) is 19.6 Å². The molecule has 0 bridgehead atoms. The van der Waals surface area contributed by atoms with E-state index in [4.69, 9.17) is 0 Å². The van der Waals surface area contributed by atoms with Crippen molar-refractivity contribution in [1.29, 1.82) is 0 Å². The Bertz CT molecular complexity index is 510. The summed E-state index contributed by atoms with van der Waals surface area (Å²) in [4.78, 5) is 27.5. The zero-order valence-electron chi connectivity index (χ0n) is 14.2. The van der Waals surface area contributed by atoms with Gasteiger partial charge in [-0.1, -0.05) is 31.5 Å². The number of hydrogen-bond acceptors (Lipinski definition) is 2. The molecular weight excluding hydrogens is 290 g/mol. The molecule has 5 heteroatoms. The molecule has 1 fully saturated rings. The third kappa shape index (κ3) is 5.36. The Morgan fingerprint density at radius 3 is 2.48 bits per heavy atom. The van der Waals surface area contributed by atoms with Gasteiger partial charge in [-0.25, -0.2) is 0 Å². The molecule has 0 saturated carbocycles. The fraction of sp³-hybridized carbons (Fsp3) is 0.556. The summed E-state index contributed by atoms with van der Waals surface area (Å²) in [5, 5.41) is 3.05. The second-order valence-electron chi connectivity index (χ2n) is 6.34. The maximum absolute atomic E-state index is 12.4. The second kappa shape index (κ2) is 8.67. The van der Waals surface area contributed by atoms with E-state index in [1.54, 1.807) is 0 Å². The minimum Gasteiger partial charge on any atom is -0.349 e. The average molecular weight is 318 g/mol. The van der Waals surface area contributed by atoms with E-state index < -0.39 is 0 Å². The first-order valence-electron chi connectivity index (χ1n) is 8.57. The van der Waals surface area contributed by atoms with Gasteiger partial charge in [-0.3, -0.25) is 9.59 Å². The molecule has 1 heterocycles. The summed E-state index contributed by atoms with van der Waals surface area (Å²) in [5.74, 6) is 0.203. The van der Waals surface area contributed by atoms with Crippen molar-refractivity contribution in [3.63, 3.8) is 0 Å². The summed E-state index contributed by atoms with van der Waals surface area (Å²) < 4.78 is 0. The van der Waals surface area contributed by atoms with E-state index in [2.05, 4.69) is 12.2 Å². The molecule has 2 rings (SSSR count). The number of piperazine rings is 1. The number of nitrogens with one attached hydrogen (secondary N) is 2. The Morgan fingerprint density at radius 1 is 1.22 bits per heavy atom. The SMILES string of the molecule is CCC[C@@H](C)NC(=O)C[NH+]1CCN(C(=O)c2ccccc2)CC1. The quantitative estimate of drug-likeness (QED) is 0.794. The predicted molar refractivity (Wildman–Crippen MR) is 90.4 cm³/mol. The van der Waals surface area contributed by atoms with Gasteiger partial charge in [0.1, 0.15) is 0 Å². The Hall–Kier alpha value is -1.88. The Kier molecular flexibility index (Phi) is 6.59. The maximum Gasteiger partial charge on any atom is 0.275 e. The van der Waals surface area contributed by atoms with Gasteiger partial charge >= 0.3 is 0 Å². The molecule has 1 aromatic rings. The highest BCUT2D eigenvalue weighted by atomic mass is 16.2. The van der Waals surface area contributed by atoms with Gasteiger partial charge in [0, 0.05) is 11.6 Å². The normalized spacial score (nSPS) is 16.9. The van der Waals surface area contributed by atoms with Crippen molar-refractivity contribution in [1.82, 2.24) is 10.2 Å². The summed E-state index contributed by atoms with van der Waals surface area (Å²) in [7, 11) is 0. The lowest BCUT2D eigenvalue weighted by Crippen LogP contribution is -3.15. The van der Waals surface area contributed by atoms with Crippen LogP contribution in [0.1, 0.15) is 37.0 Å². The number of hydrogen-bond donors (Lipinski definition) is 2. The molecule has 2 amide bonds. The molecule has 1 saturated heterocycles. The maximum atomic E-state index is 12.4. The largest absolute Gasteiger partial charge is 0.349 e. The van der Waals surface area contributed by atoms with Gasteiger partial charge in [0.05, 0.1) is 26.2 Å². The molecule has 126 valence electrons. The highest BCUT2D eigenvalue weighted by Crippen LogP contribution is 2.04. The van der Waals surface area contributed by atoms with Crippen molar-refractivity contribution in [3.8, 4) is 0 Å². The summed E-state index contributed by atoms with van der Waals surface area (Å²) in [6.07, 6.45) is 2.09. The molecule has 0 radical (unpaired) electrons. The van der Waals surface area contributed by atoms with Crippen molar-refractivity contribution in [2.45, 2.75) is 32.7 Å². The minimum absolute atomic E-state index is 0.0886. The topological polar surface area (TPSA) is 53.9 Å². The van der Waals surface area contributed by atoms with Gasteiger partial charge in [0.25, 0.3) is 11.8 Å². The van der Waals surface area contributed by atoms with Crippen LogP contribution in [0.25, 0.3) is 0 Å². The number of benzene rings is 1. The molecule has 1 aromatic carbocycles. The van der Waals surface area contributed by atoms with Crippen LogP contribution < -0.4 is 10.2 Å². The van der Waals surface area contributed by atoms with Crippen LogP contribution >= 0.6 is 0 Å². The van der Waals surface area contributed by atoms with Crippen LogP contribution in [-0.4, -0.2) is 55.5 Å². The highest BCUT2D eigenvalue weighted by molar-refractivity contribution is 5.94. The second-order valence-corrected chi connectivity index (χ2v) is 6.34. The average Bonchev–Trinajstić information content (AvgIpc) is 2.56. The number of rotatable bonds is 6. The van der Waals surface area contributed by atoms with E-state index in [1.807, 2.05) is 42.2 Å². The van der Waals surface area contributed by atoms with Gasteiger partial charge in [-0.05, 0) is 25.5 Å². The number of carbonyl (C=O) groups excluding carboxylic acids is 2. The lowest BCUT2D eigenvalue weighted by molar-refractivity contribution is -0.896. The fourth-order valence-corrected chi connectivity index (χ4v) is 3.02. The van der Waals surface area contributed by atoms with Crippen molar-refractivity contribution < 1.29 is 14.5 Å². The minimum atomic E-state index is 0.0886. The van der Waals surface area contributed by atoms with E-state index in [1.165, 1.54) is 4.90 Å². The first-order valence-corrected chi connectivity index (χ1v) is 8.57. The Labute approximate surface area is 138 Å². The first kappa shape index (κ1) is 17.5. The summed E-state index contributed by atoms with van der Waals surface area (Å²) in [6.45, 7) is 7.75. The third-order valence-electron chi connectivity index (χ3n) is 4.32. The van der Waals surface area contributed by atoms with Gasteiger partial charge in [-0.2, -0.15) is 0 Å². The zero-order valence-corrected chi connectivity index (χ0v) is 14.2. The molecule has 0 unspecified atom stereocenters. The Morgan fingerprint density at radius 2 is 1.87 bits per heavy atom. The molecule has 0 aliphatic carbocycles. The lowest BCUT2D eigenvalue weighted by Gasteiger charge is -2.32. The molecule has 1 aliphatic rings. The van der Waals surface area contributed by atoms with Crippen LogP contribution in [0.4, 0.5) is 0 Å². The van der Waals surface area contributed by atoms with E-state index in [-0.39, 0.29) is 17.9 Å². The van der Waals surface area contributed by atoms with E-state index >= 15 is 0 Å². The molecule has 1 atom stereocenters. The number of quaternary nitrogens is 1. The fourth-order valence-electron chi connectivity index (χ4n) is 3.02. The first-order chi connectivity index (χ1) is 11.1. The summed E-state index contributed by atoms with van der Waals surface area (Å²) in [5.41, 5.74) is 0.738. The molecule has 5 nitrogen and oxygen atoms in total. The van der Waals surface area contributed by atoms with Crippen LogP contribution in [-0.2, 0) is 4.79 Å². The predicted octanol–water partition coefficient (Wildman–Crippen LogP) is 0.332. The summed E-state index contributed by atoms with van der Waals surface area (Å²) >= 11 is 0. The molecule has 0 aromatic heterocycles. The smallest absolute Gasteiger partial charge is 0.275 e.